The SMILES string of the molecule is CCOC1CCCN(S(=O)(=O)N(C)CCCNC2CC2)C1. The first kappa shape index (κ1) is 17.1. The summed E-state index contributed by atoms with van der Waals surface area (Å²) in [5.74, 6) is 0. The Labute approximate surface area is 129 Å². The summed E-state index contributed by atoms with van der Waals surface area (Å²) < 4.78 is 33.7. The molecule has 7 heteroatoms. The van der Waals surface area contributed by atoms with Gasteiger partial charge in [0.25, 0.3) is 10.2 Å². The van der Waals surface area contributed by atoms with Crippen LogP contribution >= 0.6 is 0 Å². The third kappa shape index (κ3) is 5.17. The van der Waals surface area contributed by atoms with E-state index in [9.17, 15) is 8.42 Å². The second kappa shape index (κ2) is 7.87. The summed E-state index contributed by atoms with van der Waals surface area (Å²) in [4.78, 5) is 0. The average Bonchev–Trinajstić information content (AvgIpc) is 3.28. The van der Waals surface area contributed by atoms with Crippen LogP contribution in [0.3, 0.4) is 0 Å². The van der Waals surface area contributed by atoms with Crippen molar-refractivity contribution in [3.05, 3.63) is 0 Å². The predicted octanol–water partition coefficient (Wildman–Crippen LogP) is 0.806. The molecule has 1 aliphatic heterocycles. The highest BCUT2D eigenvalue weighted by Crippen LogP contribution is 2.19. The van der Waals surface area contributed by atoms with Crippen molar-refractivity contribution in [2.75, 3.05) is 39.8 Å². The van der Waals surface area contributed by atoms with Gasteiger partial charge in [-0.2, -0.15) is 17.0 Å². The van der Waals surface area contributed by atoms with Gasteiger partial charge in [0.1, 0.15) is 0 Å². The van der Waals surface area contributed by atoms with Crippen molar-refractivity contribution in [2.45, 2.75) is 51.2 Å². The number of ether oxygens (including phenoxy) is 1. The van der Waals surface area contributed by atoms with Crippen molar-refractivity contribution in [3.8, 4) is 0 Å². The molecule has 1 aliphatic carbocycles. The van der Waals surface area contributed by atoms with Gasteiger partial charge in [-0.25, -0.2) is 0 Å². The maximum atomic E-state index is 12.6. The van der Waals surface area contributed by atoms with Crippen molar-refractivity contribution in [1.29, 1.82) is 0 Å². The van der Waals surface area contributed by atoms with Gasteiger partial charge in [-0.3, -0.25) is 0 Å². The zero-order chi connectivity index (χ0) is 15.3. The van der Waals surface area contributed by atoms with Crippen molar-refractivity contribution in [1.82, 2.24) is 13.9 Å². The number of piperidine rings is 1. The van der Waals surface area contributed by atoms with Crippen LogP contribution in [0, 0.1) is 0 Å². The van der Waals surface area contributed by atoms with Crippen LogP contribution in [0.5, 0.6) is 0 Å². The molecule has 0 spiro atoms. The van der Waals surface area contributed by atoms with Crippen molar-refractivity contribution < 1.29 is 13.2 Å². The summed E-state index contributed by atoms with van der Waals surface area (Å²) in [5.41, 5.74) is 0. The molecule has 0 aromatic heterocycles. The van der Waals surface area contributed by atoms with Crippen molar-refractivity contribution >= 4 is 10.2 Å². The van der Waals surface area contributed by atoms with Gasteiger partial charge < -0.3 is 10.1 Å². The van der Waals surface area contributed by atoms with Gasteiger partial charge in [0, 0.05) is 39.3 Å². The molecule has 1 heterocycles. The van der Waals surface area contributed by atoms with Crippen LogP contribution in [0.4, 0.5) is 0 Å². The monoisotopic (exact) mass is 319 g/mol. The highest BCUT2D eigenvalue weighted by molar-refractivity contribution is 7.86. The molecule has 1 atom stereocenters. The number of nitrogens with one attached hydrogen (secondary N) is 1. The second-order valence-electron chi connectivity index (χ2n) is 5.99. The summed E-state index contributed by atoms with van der Waals surface area (Å²) in [6.45, 7) is 5.15. The zero-order valence-electron chi connectivity index (χ0n) is 13.3. The van der Waals surface area contributed by atoms with Gasteiger partial charge in [0.15, 0.2) is 0 Å². The van der Waals surface area contributed by atoms with Gasteiger partial charge in [0.2, 0.25) is 0 Å². The summed E-state index contributed by atoms with van der Waals surface area (Å²) in [7, 11) is -1.66. The summed E-state index contributed by atoms with van der Waals surface area (Å²) in [6.07, 6.45) is 5.26. The van der Waals surface area contributed by atoms with Crippen molar-refractivity contribution in [2.24, 2.45) is 0 Å². The molecule has 6 nitrogen and oxygen atoms in total. The molecule has 2 aliphatic rings. The Balaban J connectivity index is 1.77. The fourth-order valence-electron chi connectivity index (χ4n) is 2.69. The predicted molar refractivity (Wildman–Crippen MR) is 83.4 cm³/mol. The van der Waals surface area contributed by atoms with E-state index in [1.807, 2.05) is 6.92 Å². The van der Waals surface area contributed by atoms with E-state index in [1.54, 1.807) is 11.4 Å². The third-order valence-corrected chi connectivity index (χ3v) is 6.08. The molecule has 0 amide bonds. The fraction of sp³-hybridized carbons (Fsp3) is 1.00. The molecule has 124 valence electrons. The Kier molecular flexibility index (Phi) is 6.43. The van der Waals surface area contributed by atoms with Crippen LogP contribution < -0.4 is 5.32 Å². The van der Waals surface area contributed by atoms with E-state index in [1.165, 1.54) is 17.1 Å². The van der Waals surface area contributed by atoms with E-state index >= 15 is 0 Å². The Morgan fingerprint density at radius 3 is 2.76 bits per heavy atom. The van der Waals surface area contributed by atoms with Gasteiger partial charge in [-0.1, -0.05) is 0 Å². The minimum atomic E-state index is -3.34. The van der Waals surface area contributed by atoms with Gasteiger partial charge in [-0.15, -0.1) is 0 Å². The number of rotatable bonds is 9. The van der Waals surface area contributed by atoms with Crippen LogP contribution in [0.25, 0.3) is 0 Å². The Bertz CT molecular complexity index is 410. The Morgan fingerprint density at radius 1 is 1.33 bits per heavy atom. The first-order valence-electron chi connectivity index (χ1n) is 8.10. The minimum absolute atomic E-state index is 0.0449. The summed E-state index contributed by atoms with van der Waals surface area (Å²) >= 11 is 0. The molecule has 2 fully saturated rings. The molecular formula is C14H29N3O3S. The number of hydrogen-bond acceptors (Lipinski definition) is 4. The molecular weight excluding hydrogens is 290 g/mol. The molecule has 21 heavy (non-hydrogen) atoms. The van der Waals surface area contributed by atoms with Crippen LogP contribution in [-0.2, 0) is 14.9 Å². The minimum Gasteiger partial charge on any atom is -0.377 e. The van der Waals surface area contributed by atoms with Crippen LogP contribution in [0.1, 0.15) is 39.0 Å². The Hall–Kier alpha value is -0.210. The van der Waals surface area contributed by atoms with Gasteiger partial charge in [-0.05, 0) is 45.6 Å². The molecule has 1 N–H and O–H groups in total. The van der Waals surface area contributed by atoms with E-state index in [2.05, 4.69) is 5.32 Å². The Morgan fingerprint density at radius 2 is 2.10 bits per heavy atom. The maximum absolute atomic E-state index is 12.6. The second-order valence-corrected chi connectivity index (χ2v) is 8.02. The number of nitrogens with zero attached hydrogens (tertiary/aromatic N) is 2. The molecule has 0 bridgehead atoms. The third-order valence-electron chi connectivity index (χ3n) is 4.12. The lowest BCUT2D eigenvalue weighted by molar-refractivity contribution is 0.0253. The smallest absolute Gasteiger partial charge is 0.281 e. The lowest BCUT2D eigenvalue weighted by Crippen LogP contribution is -2.49. The van der Waals surface area contributed by atoms with Crippen LogP contribution in [0.2, 0.25) is 0 Å². The molecule has 0 radical (unpaired) electrons. The topological polar surface area (TPSA) is 61.9 Å². The lowest BCUT2D eigenvalue weighted by Gasteiger charge is -2.34. The van der Waals surface area contributed by atoms with Crippen molar-refractivity contribution in [3.63, 3.8) is 0 Å². The normalized spacial score (nSPS) is 24.6. The zero-order valence-corrected chi connectivity index (χ0v) is 14.1. The summed E-state index contributed by atoms with van der Waals surface area (Å²) in [5, 5.41) is 3.41. The van der Waals surface area contributed by atoms with Crippen LogP contribution in [0.15, 0.2) is 0 Å². The molecule has 1 saturated heterocycles. The largest absolute Gasteiger partial charge is 0.377 e. The van der Waals surface area contributed by atoms with E-state index in [0.29, 0.717) is 32.3 Å². The highest BCUT2D eigenvalue weighted by atomic mass is 32.2. The van der Waals surface area contributed by atoms with Gasteiger partial charge >= 0.3 is 0 Å². The molecule has 1 unspecified atom stereocenters. The summed E-state index contributed by atoms with van der Waals surface area (Å²) in [6, 6.07) is 0.681. The fourth-order valence-corrected chi connectivity index (χ4v) is 4.16. The first-order valence-corrected chi connectivity index (χ1v) is 9.50. The van der Waals surface area contributed by atoms with Crippen LogP contribution in [-0.4, -0.2) is 69.0 Å². The molecule has 0 aromatic rings. The van der Waals surface area contributed by atoms with Gasteiger partial charge in [0.05, 0.1) is 6.10 Å². The highest BCUT2D eigenvalue weighted by Gasteiger charge is 2.32. The average molecular weight is 319 g/mol. The maximum Gasteiger partial charge on any atom is 0.281 e. The van der Waals surface area contributed by atoms with E-state index in [-0.39, 0.29) is 6.10 Å². The molecule has 0 aromatic carbocycles. The number of hydrogen-bond donors (Lipinski definition) is 1. The first-order chi connectivity index (χ1) is 10.0. The quantitative estimate of drug-likeness (QED) is 0.639. The molecule has 2 rings (SSSR count). The van der Waals surface area contributed by atoms with E-state index < -0.39 is 10.2 Å². The lowest BCUT2D eigenvalue weighted by atomic mass is 10.1. The van der Waals surface area contributed by atoms with E-state index in [4.69, 9.17) is 4.74 Å². The van der Waals surface area contributed by atoms with E-state index in [0.717, 1.165) is 25.8 Å². The molecule has 1 saturated carbocycles. The standard InChI is InChI=1S/C14H29N3O3S/c1-3-20-14-6-4-11-17(12-14)21(18,19)16(2)10-5-9-15-13-7-8-13/h13-15H,3-12H2,1-2H3.